The normalized spacial score (nSPS) is 14.2. The zero-order valence-electron chi connectivity index (χ0n) is 12.2. The van der Waals surface area contributed by atoms with Crippen LogP contribution in [0.2, 0.25) is 0 Å². The summed E-state index contributed by atoms with van der Waals surface area (Å²) in [6.07, 6.45) is 1.91. The Morgan fingerprint density at radius 2 is 2.00 bits per heavy atom. The molecule has 2 atom stereocenters. The van der Waals surface area contributed by atoms with E-state index < -0.39 is 6.10 Å². The summed E-state index contributed by atoms with van der Waals surface area (Å²) in [4.78, 5) is 0. The van der Waals surface area contributed by atoms with Crippen molar-refractivity contribution >= 4 is 0 Å². The monoisotopic (exact) mass is 266 g/mol. The highest BCUT2D eigenvalue weighted by molar-refractivity contribution is 5.37. The molecule has 0 heterocycles. The minimum absolute atomic E-state index is 0.173. The van der Waals surface area contributed by atoms with Crippen molar-refractivity contribution in [1.29, 1.82) is 0 Å². The number of aliphatic hydroxyl groups excluding tert-OH is 2. The first-order chi connectivity index (χ1) is 9.12. The molecule has 0 amide bonds. The molecule has 2 unspecified atom stereocenters. The van der Waals surface area contributed by atoms with Crippen molar-refractivity contribution in [1.82, 2.24) is 0 Å². The molecule has 0 aromatic heterocycles. The molecule has 1 aromatic carbocycles. The van der Waals surface area contributed by atoms with Crippen molar-refractivity contribution in [3.63, 3.8) is 0 Å². The summed E-state index contributed by atoms with van der Waals surface area (Å²) in [5, 5.41) is 18.6. The SMILES string of the molecule is CCCOc1ccc(C(CC)CC(O)CO)c(C)c1. The smallest absolute Gasteiger partial charge is 0.119 e. The van der Waals surface area contributed by atoms with Crippen molar-refractivity contribution in [2.75, 3.05) is 13.2 Å². The molecule has 0 aliphatic rings. The molecular formula is C16H26O3. The van der Waals surface area contributed by atoms with Gasteiger partial charge in [0.05, 0.1) is 19.3 Å². The Morgan fingerprint density at radius 3 is 2.53 bits per heavy atom. The first kappa shape index (κ1) is 16.0. The van der Waals surface area contributed by atoms with E-state index in [0.717, 1.165) is 25.2 Å². The second-order valence-corrected chi connectivity index (χ2v) is 5.04. The summed E-state index contributed by atoms with van der Waals surface area (Å²) in [5.74, 6) is 1.18. The van der Waals surface area contributed by atoms with Crippen LogP contribution in [0.5, 0.6) is 5.75 Å². The lowest BCUT2D eigenvalue weighted by molar-refractivity contribution is 0.0817. The van der Waals surface area contributed by atoms with Gasteiger partial charge in [0, 0.05) is 0 Å². The van der Waals surface area contributed by atoms with Crippen LogP contribution in [0, 0.1) is 6.92 Å². The molecular weight excluding hydrogens is 240 g/mol. The summed E-state index contributed by atoms with van der Waals surface area (Å²) in [6, 6.07) is 6.13. The van der Waals surface area contributed by atoms with E-state index in [-0.39, 0.29) is 12.5 Å². The molecule has 0 saturated heterocycles. The lowest BCUT2D eigenvalue weighted by atomic mass is 9.88. The predicted octanol–water partition coefficient (Wildman–Crippen LogP) is 3.02. The maximum absolute atomic E-state index is 9.61. The largest absolute Gasteiger partial charge is 0.494 e. The van der Waals surface area contributed by atoms with Crippen LogP contribution in [0.3, 0.4) is 0 Å². The molecule has 19 heavy (non-hydrogen) atoms. The van der Waals surface area contributed by atoms with Crippen LogP contribution < -0.4 is 4.74 Å². The van der Waals surface area contributed by atoms with Gasteiger partial charge in [-0.15, -0.1) is 0 Å². The summed E-state index contributed by atoms with van der Waals surface area (Å²) in [7, 11) is 0. The number of rotatable bonds is 8. The molecule has 0 fully saturated rings. The highest BCUT2D eigenvalue weighted by Gasteiger charge is 2.16. The Balaban J connectivity index is 2.80. The van der Waals surface area contributed by atoms with Crippen LogP contribution in [-0.4, -0.2) is 29.5 Å². The fraction of sp³-hybridized carbons (Fsp3) is 0.625. The third-order valence-corrected chi connectivity index (χ3v) is 3.41. The van der Waals surface area contributed by atoms with Gasteiger partial charge < -0.3 is 14.9 Å². The van der Waals surface area contributed by atoms with E-state index in [1.54, 1.807) is 0 Å². The number of hydrogen-bond acceptors (Lipinski definition) is 3. The first-order valence-electron chi connectivity index (χ1n) is 7.14. The van der Waals surface area contributed by atoms with Gasteiger partial charge >= 0.3 is 0 Å². The summed E-state index contributed by atoms with van der Waals surface area (Å²) in [5.41, 5.74) is 2.42. The summed E-state index contributed by atoms with van der Waals surface area (Å²) >= 11 is 0. The molecule has 1 aromatic rings. The van der Waals surface area contributed by atoms with Gasteiger partial charge in [0.2, 0.25) is 0 Å². The Hall–Kier alpha value is -1.06. The molecule has 0 aliphatic heterocycles. The van der Waals surface area contributed by atoms with E-state index in [1.165, 1.54) is 11.1 Å². The summed E-state index contributed by atoms with van der Waals surface area (Å²) < 4.78 is 5.62. The fourth-order valence-electron chi connectivity index (χ4n) is 2.33. The Labute approximate surface area is 116 Å². The van der Waals surface area contributed by atoms with E-state index in [2.05, 4.69) is 32.9 Å². The molecule has 108 valence electrons. The van der Waals surface area contributed by atoms with Crippen molar-refractivity contribution < 1.29 is 14.9 Å². The highest BCUT2D eigenvalue weighted by atomic mass is 16.5. The maximum Gasteiger partial charge on any atom is 0.119 e. The van der Waals surface area contributed by atoms with Crippen LogP contribution in [0.15, 0.2) is 18.2 Å². The van der Waals surface area contributed by atoms with E-state index >= 15 is 0 Å². The molecule has 3 heteroatoms. The zero-order valence-corrected chi connectivity index (χ0v) is 12.2. The van der Waals surface area contributed by atoms with Gasteiger partial charge in [-0.2, -0.15) is 0 Å². The molecule has 0 spiro atoms. The summed E-state index contributed by atoms with van der Waals surface area (Å²) in [6.45, 7) is 6.83. The number of benzene rings is 1. The van der Waals surface area contributed by atoms with Gasteiger partial charge in [-0.1, -0.05) is 19.9 Å². The van der Waals surface area contributed by atoms with Gasteiger partial charge in [0.1, 0.15) is 5.75 Å². The van der Waals surface area contributed by atoms with Gasteiger partial charge in [-0.25, -0.2) is 0 Å². The predicted molar refractivity (Wildman–Crippen MR) is 77.7 cm³/mol. The number of aliphatic hydroxyl groups is 2. The van der Waals surface area contributed by atoms with E-state index in [4.69, 9.17) is 9.84 Å². The van der Waals surface area contributed by atoms with Crippen LogP contribution in [0.4, 0.5) is 0 Å². The van der Waals surface area contributed by atoms with E-state index in [9.17, 15) is 5.11 Å². The standard InChI is InChI=1S/C16H26O3/c1-4-8-19-15-6-7-16(12(3)9-15)13(5-2)10-14(18)11-17/h6-7,9,13-14,17-18H,4-5,8,10-11H2,1-3H3. The molecule has 0 radical (unpaired) electrons. The zero-order chi connectivity index (χ0) is 14.3. The number of hydrogen-bond donors (Lipinski definition) is 2. The van der Waals surface area contributed by atoms with Crippen molar-refractivity contribution in [2.45, 2.75) is 52.1 Å². The van der Waals surface area contributed by atoms with Crippen molar-refractivity contribution in [3.05, 3.63) is 29.3 Å². The number of ether oxygens (including phenoxy) is 1. The van der Waals surface area contributed by atoms with E-state index in [0.29, 0.717) is 6.42 Å². The second kappa shape index (κ2) is 8.18. The number of aryl methyl sites for hydroxylation is 1. The van der Waals surface area contributed by atoms with E-state index in [1.807, 2.05) is 6.07 Å². The topological polar surface area (TPSA) is 49.7 Å². The molecule has 2 N–H and O–H groups in total. The van der Waals surface area contributed by atoms with Crippen LogP contribution in [0.1, 0.15) is 50.2 Å². The maximum atomic E-state index is 9.61. The second-order valence-electron chi connectivity index (χ2n) is 5.04. The molecule has 1 rings (SSSR count). The Morgan fingerprint density at radius 1 is 1.26 bits per heavy atom. The third kappa shape index (κ3) is 4.84. The van der Waals surface area contributed by atoms with Gasteiger partial charge in [0.25, 0.3) is 0 Å². The Bertz CT molecular complexity index is 376. The van der Waals surface area contributed by atoms with Gasteiger partial charge in [-0.05, 0) is 55.4 Å². The van der Waals surface area contributed by atoms with Gasteiger partial charge in [-0.3, -0.25) is 0 Å². The molecule has 0 bridgehead atoms. The fourth-order valence-corrected chi connectivity index (χ4v) is 2.33. The minimum atomic E-state index is -0.639. The van der Waals surface area contributed by atoms with Crippen molar-refractivity contribution in [3.8, 4) is 5.75 Å². The average molecular weight is 266 g/mol. The average Bonchev–Trinajstić information content (AvgIpc) is 2.42. The van der Waals surface area contributed by atoms with Crippen LogP contribution in [0.25, 0.3) is 0 Å². The van der Waals surface area contributed by atoms with Crippen LogP contribution >= 0.6 is 0 Å². The highest BCUT2D eigenvalue weighted by Crippen LogP contribution is 2.29. The van der Waals surface area contributed by atoms with Crippen LogP contribution in [-0.2, 0) is 0 Å². The van der Waals surface area contributed by atoms with Gasteiger partial charge in [0.15, 0.2) is 0 Å². The Kier molecular flexibility index (Phi) is 6.89. The quantitative estimate of drug-likeness (QED) is 0.760. The minimum Gasteiger partial charge on any atom is -0.494 e. The van der Waals surface area contributed by atoms with Crippen molar-refractivity contribution in [2.24, 2.45) is 0 Å². The molecule has 0 aliphatic carbocycles. The third-order valence-electron chi connectivity index (χ3n) is 3.41. The molecule has 3 nitrogen and oxygen atoms in total. The lowest BCUT2D eigenvalue weighted by Gasteiger charge is -2.20. The lowest BCUT2D eigenvalue weighted by Crippen LogP contribution is -2.16. The first-order valence-corrected chi connectivity index (χ1v) is 7.14. The molecule has 0 saturated carbocycles.